The predicted molar refractivity (Wildman–Crippen MR) is 83.9 cm³/mol. The summed E-state index contributed by atoms with van der Waals surface area (Å²) in [4.78, 5) is 23.7. The molecule has 9 heteroatoms. The Labute approximate surface area is 137 Å². The van der Waals surface area contributed by atoms with Crippen molar-refractivity contribution in [3.63, 3.8) is 0 Å². The molecule has 136 valence electrons. The van der Waals surface area contributed by atoms with Crippen molar-refractivity contribution in [2.45, 2.75) is 38.9 Å². The first-order chi connectivity index (χ1) is 11.3. The normalized spacial score (nSPS) is 12.7. The van der Waals surface area contributed by atoms with E-state index in [0.29, 0.717) is 17.5 Å². The Bertz CT molecular complexity index is 581. The summed E-state index contributed by atoms with van der Waals surface area (Å²) < 4.78 is 37.7. The lowest BCUT2D eigenvalue weighted by Gasteiger charge is -2.16. The number of hydrogen-bond acceptors (Lipinski definition) is 3. The molecule has 0 aliphatic heterocycles. The molecule has 2 amide bonds. The molecular formula is C15H22F3N3O3. The first-order valence-corrected chi connectivity index (χ1v) is 7.68. The van der Waals surface area contributed by atoms with Crippen LogP contribution in [0, 0.1) is 5.92 Å². The second-order valence-corrected chi connectivity index (χ2v) is 5.47. The van der Waals surface area contributed by atoms with E-state index in [9.17, 15) is 22.8 Å². The van der Waals surface area contributed by atoms with Gasteiger partial charge in [0.05, 0.1) is 0 Å². The van der Waals surface area contributed by atoms with E-state index in [1.165, 1.54) is 12.1 Å². The van der Waals surface area contributed by atoms with Crippen molar-refractivity contribution in [3.8, 4) is 0 Å². The molecule has 1 heterocycles. The minimum atomic E-state index is -4.53. The topological polar surface area (TPSA) is 83.4 Å². The highest BCUT2D eigenvalue weighted by Crippen LogP contribution is 2.16. The number of halogens is 3. The number of nitrogens with one attached hydrogen (secondary N) is 2. The Hall–Kier alpha value is -2.03. The summed E-state index contributed by atoms with van der Waals surface area (Å²) in [5.41, 5.74) is -1.15. The molecular weight excluding hydrogens is 327 g/mol. The lowest BCUT2D eigenvalue weighted by molar-refractivity contribution is -0.141. The Morgan fingerprint density at radius 2 is 2.08 bits per heavy atom. The van der Waals surface area contributed by atoms with Crippen LogP contribution < -0.4 is 16.2 Å². The fraction of sp³-hybridized carbons (Fsp3) is 0.600. The third-order valence-corrected chi connectivity index (χ3v) is 3.40. The fourth-order valence-corrected chi connectivity index (χ4v) is 2.29. The average molecular weight is 349 g/mol. The Kier molecular flexibility index (Phi) is 7.76. The Morgan fingerprint density at radius 1 is 1.38 bits per heavy atom. The van der Waals surface area contributed by atoms with E-state index in [4.69, 9.17) is 5.11 Å². The molecule has 1 aromatic rings. The van der Waals surface area contributed by atoms with Gasteiger partial charge in [0.25, 0.3) is 5.56 Å². The highest BCUT2D eigenvalue weighted by molar-refractivity contribution is 5.88. The zero-order valence-corrected chi connectivity index (χ0v) is 13.4. The van der Waals surface area contributed by atoms with Gasteiger partial charge in [-0.1, -0.05) is 13.3 Å². The second kappa shape index (κ2) is 9.31. The molecule has 0 aliphatic carbocycles. The second-order valence-electron chi connectivity index (χ2n) is 5.47. The van der Waals surface area contributed by atoms with Gasteiger partial charge in [-0.15, -0.1) is 0 Å². The van der Waals surface area contributed by atoms with Gasteiger partial charge in [0, 0.05) is 19.3 Å². The largest absolute Gasteiger partial charge is 0.406 e. The number of rotatable bonds is 8. The number of alkyl halides is 3. The molecule has 0 saturated heterocycles. The Balaban J connectivity index is 2.67. The first kappa shape index (κ1) is 20.0. The summed E-state index contributed by atoms with van der Waals surface area (Å²) in [7, 11) is 0. The SMILES string of the molecule is CCCC(CCO)CNC(=O)Nc1cccn(CC(F)(F)F)c1=O. The van der Waals surface area contributed by atoms with Gasteiger partial charge >= 0.3 is 12.2 Å². The van der Waals surface area contributed by atoms with E-state index < -0.39 is 24.3 Å². The molecule has 0 radical (unpaired) electrons. The van der Waals surface area contributed by atoms with E-state index in [1.54, 1.807) is 0 Å². The smallest absolute Gasteiger partial charge is 0.396 e. The standard InChI is InChI=1S/C15H22F3N3O3/c1-2-4-11(6-8-22)9-19-14(24)20-12-5-3-7-21(13(12)23)10-15(16,17)18/h3,5,7,11,22H,2,4,6,8-10H2,1H3,(H2,19,20,24). The first-order valence-electron chi connectivity index (χ1n) is 7.68. The molecule has 24 heavy (non-hydrogen) atoms. The van der Waals surface area contributed by atoms with Crippen LogP contribution in [0.15, 0.2) is 23.1 Å². The highest BCUT2D eigenvalue weighted by atomic mass is 19.4. The number of nitrogens with zero attached hydrogens (tertiary/aromatic N) is 1. The van der Waals surface area contributed by atoms with Crippen molar-refractivity contribution in [1.29, 1.82) is 0 Å². The number of hydrogen-bond donors (Lipinski definition) is 3. The van der Waals surface area contributed by atoms with Crippen LogP contribution >= 0.6 is 0 Å². The summed E-state index contributed by atoms with van der Waals surface area (Å²) in [6.45, 7) is 0.883. The van der Waals surface area contributed by atoms with Crippen LogP contribution in [0.3, 0.4) is 0 Å². The highest BCUT2D eigenvalue weighted by Gasteiger charge is 2.28. The van der Waals surface area contributed by atoms with Gasteiger partial charge in [0.1, 0.15) is 12.2 Å². The quantitative estimate of drug-likeness (QED) is 0.674. The van der Waals surface area contributed by atoms with Crippen LogP contribution in [-0.4, -0.2) is 35.0 Å². The zero-order valence-electron chi connectivity index (χ0n) is 13.4. The van der Waals surface area contributed by atoms with Gasteiger partial charge in [-0.05, 0) is 30.9 Å². The predicted octanol–water partition coefficient (Wildman–Crippen LogP) is 2.33. The van der Waals surface area contributed by atoms with E-state index in [1.807, 2.05) is 6.92 Å². The van der Waals surface area contributed by atoms with Crippen molar-refractivity contribution in [1.82, 2.24) is 9.88 Å². The van der Waals surface area contributed by atoms with E-state index in [-0.39, 0.29) is 18.2 Å². The molecule has 0 aliphatic rings. The lowest BCUT2D eigenvalue weighted by atomic mass is 10.0. The Morgan fingerprint density at radius 3 is 2.67 bits per heavy atom. The van der Waals surface area contributed by atoms with Gasteiger partial charge in [-0.2, -0.15) is 13.2 Å². The minimum Gasteiger partial charge on any atom is -0.396 e. The van der Waals surface area contributed by atoms with Gasteiger partial charge in [-0.3, -0.25) is 4.79 Å². The van der Waals surface area contributed by atoms with Crippen LogP contribution in [0.2, 0.25) is 0 Å². The van der Waals surface area contributed by atoms with Crippen LogP contribution in [0.25, 0.3) is 0 Å². The molecule has 0 bridgehead atoms. The molecule has 6 nitrogen and oxygen atoms in total. The van der Waals surface area contributed by atoms with E-state index in [0.717, 1.165) is 19.0 Å². The minimum absolute atomic E-state index is 0.00873. The maximum absolute atomic E-state index is 12.4. The molecule has 3 N–H and O–H groups in total. The molecule has 1 unspecified atom stereocenters. The van der Waals surface area contributed by atoms with Gasteiger partial charge in [0.2, 0.25) is 0 Å². The number of aliphatic hydroxyl groups excluding tert-OH is 1. The van der Waals surface area contributed by atoms with Crippen LogP contribution in [0.5, 0.6) is 0 Å². The zero-order chi connectivity index (χ0) is 18.2. The molecule has 0 spiro atoms. The van der Waals surface area contributed by atoms with Gasteiger partial charge in [0.15, 0.2) is 0 Å². The van der Waals surface area contributed by atoms with Gasteiger partial charge < -0.3 is 20.3 Å². The monoisotopic (exact) mass is 349 g/mol. The van der Waals surface area contributed by atoms with Crippen molar-refractivity contribution < 1.29 is 23.1 Å². The summed E-state index contributed by atoms with van der Waals surface area (Å²) in [5.74, 6) is 0.100. The van der Waals surface area contributed by atoms with Crippen molar-refractivity contribution in [2.75, 3.05) is 18.5 Å². The summed E-state index contributed by atoms with van der Waals surface area (Å²) in [5, 5.41) is 13.8. The summed E-state index contributed by atoms with van der Waals surface area (Å²) in [6.07, 6.45) is -1.25. The maximum Gasteiger partial charge on any atom is 0.406 e. The van der Waals surface area contributed by atoms with E-state index >= 15 is 0 Å². The number of anilines is 1. The lowest BCUT2D eigenvalue weighted by Crippen LogP contribution is -2.36. The number of aromatic nitrogens is 1. The number of amides is 2. The maximum atomic E-state index is 12.4. The van der Waals surface area contributed by atoms with Crippen LogP contribution in [0.1, 0.15) is 26.2 Å². The fourth-order valence-electron chi connectivity index (χ4n) is 2.29. The van der Waals surface area contributed by atoms with Crippen molar-refractivity contribution in [2.24, 2.45) is 5.92 Å². The van der Waals surface area contributed by atoms with Crippen LogP contribution in [0.4, 0.5) is 23.7 Å². The third kappa shape index (κ3) is 7.03. The van der Waals surface area contributed by atoms with Crippen molar-refractivity contribution >= 4 is 11.7 Å². The average Bonchev–Trinajstić information content (AvgIpc) is 2.48. The summed E-state index contributed by atoms with van der Waals surface area (Å²) >= 11 is 0. The molecule has 1 rings (SSSR count). The number of urea groups is 1. The molecule has 1 aromatic heterocycles. The number of pyridine rings is 1. The van der Waals surface area contributed by atoms with Crippen LogP contribution in [-0.2, 0) is 6.54 Å². The number of carbonyl (C=O) groups is 1. The van der Waals surface area contributed by atoms with E-state index in [2.05, 4.69) is 10.6 Å². The molecule has 1 atom stereocenters. The summed E-state index contributed by atoms with van der Waals surface area (Å²) in [6, 6.07) is 1.83. The third-order valence-electron chi connectivity index (χ3n) is 3.40. The van der Waals surface area contributed by atoms with Crippen molar-refractivity contribution in [3.05, 3.63) is 28.7 Å². The molecule has 0 aromatic carbocycles. The number of carbonyl (C=O) groups excluding carboxylic acids is 1. The molecule has 0 fully saturated rings. The molecule has 0 saturated carbocycles. The number of aliphatic hydroxyl groups is 1. The van der Waals surface area contributed by atoms with Gasteiger partial charge in [-0.25, -0.2) is 4.79 Å².